The summed E-state index contributed by atoms with van der Waals surface area (Å²) >= 11 is 3.28. The van der Waals surface area contributed by atoms with Crippen LogP contribution in [0.1, 0.15) is 16.8 Å². The van der Waals surface area contributed by atoms with Crippen molar-refractivity contribution < 1.29 is 28.7 Å². The number of hydrogen-bond donors (Lipinski definition) is 2. The molecule has 0 bridgehead atoms. The zero-order valence-corrected chi connectivity index (χ0v) is 22.7. The van der Waals surface area contributed by atoms with E-state index in [1.807, 2.05) is 42.5 Å². The fourth-order valence-electron chi connectivity index (χ4n) is 4.31. The number of anilines is 1. The quantitative estimate of drug-likeness (QED) is 0.233. The Balaban J connectivity index is 1.11. The van der Waals surface area contributed by atoms with Crippen LogP contribution in [0.15, 0.2) is 95.5 Å². The molecule has 1 heterocycles. The first kappa shape index (κ1) is 26.9. The van der Waals surface area contributed by atoms with Crippen LogP contribution in [-0.4, -0.2) is 36.8 Å². The molecule has 0 aromatic heterocycles. The molecule has 10 heteroatoms. The first-order chi connectivity index (χ1) is 19.4. The highest BCUT2D eigenvalue weighted by molar-refractivity contribution is 9.10. The van der Waals surface area contributed by atoms with Crippen LogP contribution in [0, 0.1) is 5.92 Å². The summed E-state index contributed by atoms with van der Waals surface area (Å²) < 4.78 is 12.0. The van der Waals surface area contributed by atoms with Gasteiger partial charge >= 0.3 is 5.97 Å². The third-order valence-corrected chi connectivity index (χ3v) is 6.88. The average Bonchev–Trinajstić information content (AvgIpc) is 3.37. The van der Waals surface area contributed by atoms with Gasteiger partial charge in [-0.3, -0.25) is 30.0 Å². The number of nitrogens with zero attached hydrogens (tertiary/aromatic N) is 1. The minimum Gasteiger partial charge on any atom is -0.457 e. The van der Waals surface area contributed by atoms with Crippen molar-refractivity contribution in [2.45, 2.75) is 6.42 Å². The highest BCUT2D eigenvalue weighted by atomic mass is 79.9. The fourth-order valence-corrected chi connectivity index (χ4v) is 4.58. The molecule has 3 amide bonds. The molecule has 4 aromatic rings. The predicted octanol–water partition coefficient (Wildman–Crippen LogP) is 4.75. The van der Waals surface area contributed by atoms with Crippen LogP contribution < -0.4 is 20.5 Å². The summed E-state index contributed by atoms with van der Waals surface area (Å²) in [6.07, 6.45) is -0.0327. The van der Waals surface area contributed by atoms with E-state index in [-0.39, 0.29) is 18.9 Å². The molecule has 0 radical (unpaired) electrons. The zero-order valence-electron chi connectivity index (χ0n) is 21.1. The van der Waals surface area contributed by atoms with Crippen molar-refractivity contribution in [1.82, 2.24) is 10.9 Å². The molecule has 1 aliphatic heterocycles. The van der Waals surface area contributed by atoms with Crippen LogP contribution in [0.3, 0.4) is 0 Å². The SMILES string of the molecule is O=C(COC(=O)[C@H]1CC(=O)N(c2ccc(Oc3cccc4ccccc34)cc2)C1)NNC(=O)c1ccc(Br)cc1. The monoisotopic (exact) mass is 601 g/mol. The van der Waals surface area contributed by atoms with E-state index in [1.165, 1.54) is 4.90 Å². The number of carbonyl (C=O) groups is 4. The van der Waals surface area contributed by atoms with Crippen molar-refractivity contribution in [3.05, 3.63) is 101 Å². The van der Waals surface area contributed by atoms with Gasteiger partial charge in [0.05, 0.1) is 5.92 Å². The summed E-state index contributed by atoms with van der Waals surface area (Å²) in [5, 5.41) is 2.06. The number of hydrazine groups is 1. The molecule has 1 saturated heterocycles. The van der Waals surface area contributed by atoms with Crippen LogP contribution in [0.5, 0.6) is 11.5 Å². The maximum Gasteiger partial charge on any atom is 0.311 e. The number of nitrogens with one attached hydrogen (secondary N) is 2. The third-order valence-electron chi connectivity index (χ3n) is 6.35. The molecule has 40 heavy (non-hydrogen) atoms. The van der Waals surface area contributed by atoms with Gasteiger partial charge in [0.25, 0.3) is 11.8 Å². The molecule has 5 rings (SSSR count). The Bertz CT molecular complexity index is 1570. The molecule has 9 nitrogen and oxygen atoms in total. The van der Waals surface area contributed by atoms with Gasteiger partial charge in [0.2, 0.25) is 5.91 Å². The van der Waals surface area contributed by atoms with E-state index < -0.39 is 30.3 Å². The van der Waals surface area contributed by atoms with Gasteiger partial charge in [-0.1, -0.05) is 52.3 Å². The van der Waals surface area contributed by atoms with Crippen molar-refractivity contribution in [2.24, 2.45) is 5.92 Å². The highest BCUT2D eigenvalue weighted by Crippen LogP contribution is 2.32. The average molecular weight is 602 g/mol. The van der Waals surface area contributed by atoms with Crippen LogP contribution >= 0.6 is 15.9 Å². The Morgan fingerprint density at radius 3 is 2.38 bits per heavy atom. The van der Waals surface area contributed by atoms with Crippen molar-refractivity contribution in [2.75, 3.05) is 18.1 Å². The van der Waals surface area contributed by atoms with Gasteiger partial charge in [-0.2, -0.15) is 0 Å². The molecular weight excluding hydrogens is 578 g/mol. The number of carbonyl (C=O) groups excluding carboxylic acids is 4. The Morgan fingerprint density at radius 2 is 1.60 bits per heavy atom. The summed E-state index contributed by atoms with van der Waals surface area (Å²) in [6.45, 7) is -0.465. The maximum absolute atomic E-state index is 12.6. The second-order valence-electron chi connectivity index (χ2n) is 9.10. The molecule has 0 spiro atoms. The molecule has 2 N–H and O–H groups in total. The summed E-state index contributed by atoms with van der Waals surface area (Å²) in [5.74, 6) is -1.50. The van der Waals surface area contributed by atoms with Gasteiger partial charge in [0.1, 0.15) is 11.5 Å². The van der Waals surface area contributed by atoms with Gasteiger partial charge < -0.3 is 14.4 Å². The first-order valence-corrected chi connectivity index (χ1v) is 13.2. The molecule has 1 fully saturated rings. The number of fused-ring (bicyclic) bond motifs is 1. The molecular formula is C30H24BrN3O6. The van der Waals surface area contributed by atoms with Gasteiger partial charge in [0.15, 0.2) is 6.61 Å². The standard InChI is InChI=1S/C30H24BrN3O6/c31-22-10-8-20(9-11-22)29(37)33-32-27(35)18-39-30(38)21-16-28(36)34(17-21)23-12-14-24(15-13-23)40-26-7-3-5-19-4-1-2-6-25(19)26/h1-15,21H,16-18H2,(H,32,35)(H,33,37)/t21-/m0/s1. The second kappa shape index (κ2) is 12.0. The van der Waals surface area contributed by atoms with Crippen molar-refractivity contribution in [3.63, 3.8) is 0 Å². The minimum absolute atomic E-state index is 0.0327. The van der Waals surface area contributed by atoms with Gasteiger partial charge in [-0.25, -0.2) is 0 Å². The van der Waals surface area contributed by atoms with Crippen molar-refractivity contribution in [1.29, 1.82) is 0 Å². The molecule has 0 saturated carbocycles. The van der Waals surface area contributed by atoms with Crippen molar-refractivity contribution >= 4 is 56.1 Å². The minimum atomic E-state index is -0.718. The largest absolute Gasteiger partial charge is 0.457 e. The summed E-state index contributed by atoms with van der Waals surface area (Å²) in [6, 6.07) is 27.4. The van der Waals surface area contributed by atoms with E-state index in [0.717, 1.165) is 21.0 Å². The number of esters is 1. The lowest BCUT2D eigenvalue weighted by molar-refractivity contribution is -0.152. The lowest BCUT2D eigenvalue weighted by atomic mass is 10.1. The van der Waals surface area contributed by atoms with E-state index in [0.29, 0.717) is 17.0 Å². The van der Waals surface area contributed by atoms with Crippen LogP contribution in [0.4, 0.5) is 5.69 Å². The number of ether oxygens (including phenoxy) is 2. The van der Waals surface area contributed by atoms with Gasteiger partial charge in [-0.15, -0.1) is 0 Å². The van der Waals surface area contributed by atoms with E-state index >= 15 is 0 Å². The number of rotatable bonds is 7. The maximum atomic E-state index is 12.6. The topological polar surface area (TPSA) is 114 Å². The smallest absolute Gasteiger partial charge is 0.311 e. The van der Waals surface area contributed by atoms with E-state index in [1.54, 1.807) is 48.5 Å². The van der Waals surface area contributed by atoms with Crippen LogP contribution in [-0.2, 0) is 19.1 Å². The Morgan fingerprint density at radius 1 is 0.875 bits per heavy atom. The second-order valence-corrected chi connectivity index (χ2v) is 10.0. The van der Waals surface area contributed by atoms with Crippen LogP contribution in [0.2, 0.25) is 0 Å². The Kier molecular flexibility index (Phi) is 8.07. The van der Waals surface area contributed by atoms with Crippen molar-refractivity contribution in [3.8, 4) is 11.5 Å². The molecule has 0 unspecified atom stereocenters. The number of hydrogen-bond acceptors (Lipinski definition) is 6. The first-order valence-electron chi connectivity index (χ1n) is 12.4. The van der Waals surface area contributed by atoms with E-state index in [4.69, 9.17) is 9.47 Å². The molecule has 0 aliphatic carbocycles. The number of amides is 3. The van der Waals surface area contributed by atoms with Gasteiger partial charge in [-0.05, 0) is 60.0 Å². The summed E-state index contributed by atoms with van der Waals surface area (Å²) in [4.78, 5) is 50.8. The summed E-state index contributed by atoms with van der Waals surface area (Å²) in [5.41, 5.74) is 5.43. The zero-order chi connectivity index (χ0) is 28.1. The molecule has 1 atom stereocenters. The normalized spacial score (nSPS) is 14.6. The summed E-state index contributed by atoms with van der Waals surface area (Å²) in [7, 11) is 0. The third kappa shape index (κ3) is 6.29. The van der Waals surface area contributed by atoms with E-state index in [9.17, 15) is 19.2 Å². The number of benzene rings is 4. The Labute approximate surface area is 238 Å². The fraction of sp³-hybridized carbons (Fsp3) is 0.133. The van der Waals surface area contributed by atoms with E-state index in [2.05, 4.69) is 26.8 Å². The Hall–Kier alpha value is -4.70. The lowest BCUT2D eigenvalue weighted by Crippen LogP contribution is -2.43. The molecule has 1 aliphatic rings. The highest BCUT2D eigenvalue weighted by Gasteiger charge is 2.36. The molecule has 202 valence electrons. The van der Waals surface area contributed by atoms with Crippen LogP contribution in [0.25, 0.3) is 10.8 Å². The predicted molar refractivity (Wildman–Crippen MR) is 152 cm³/mol. The number of halogens is 1. The lowest BCUT2D eigenvalue weighted by Gasteiger charge is -2.17. The van der Waals surface area contributed by atoms with Gasteiger partial charge in [0, 0.05) is 34.1 Å². The molecule has 4 aromatic carbocycles.